The molecule has 0 aromatic carbocycles. The van der Waals surface area contributed by atoms with Crippen LogP contribution in [0.1, 0.15) is 138 Å². The van der Waals surface area contributed by atoms with E-state index in [9.17, 15) is 44.1 Å². The van der Waals surface area contributed by atoms with Crippen molar-refractivity contribution in [2.24, 2.45) is 35.5 Å². The average Bonchev–Trinajstić information content (AvgIpc) is 3.38. The topological polar surface area (TPSA) is 234 Å². The first-order chi connectivity index (χ1) is 35.2. The first kappa shape index (κ1) is 62.6. The van der Waals surface area contributed by atoms with E-state index in [1.807, 2.05) is 51.2 Å². The molecule has 0 aromatic rings. The fourth-order valence-electron chi connectivity index (χ4n) is 11.0. The second kappa shape index (κ2) is 30.7. The molecule has 3 heterocycles. The second-order valence-corrected chi connectivity index (χ2v) is 21.6. The SMILES string of the molecule is CNC(=O)CCCO[C@H]1C[C@@H]2CC[C@@H](C)[C@@](O)(O2)C(=O)C(=O)N2CCCC[C@H]2C(=O)O[C@H]([C@H](C)C[C@@H]2CC[C@@H](OCCO)[C@H](OC)C2)CC(=O)[C@H](C)/C=C(\C)[C@@H](O)[C@@H](OC)C(=O)[C@H](C)C[C@H](C)/C=C/C=C/C=C/1C. The van der Waals surface area contributed by atoms with Crippen LogP contribution >= 0.6 is 0 Å². The molecule has 418 valence electrons. The first-order valence-electron chi connectivity index (χ1n) is 27.2. The predicted octanol–water partition coefficient (Wildman–Crippen LogP) is 6.09. The van der Waals surface area contributed by atoms with Gasteiger partial charge >= 0.3 is 5.97 Å². The molecule has 2 saturated heterocycles. The molecule has 4 rings (SSSR count). The Morgan fingerprint density at radius 1 is 0.892 bits per heavy atom. The molecule has 4 N–H and O–H groups in total. The highest BCUT2D eigenvalue weighted by atomic mass is 16.6. The normalized spacial score (nSPS) is 36.9. The van der Waals surface area contributed by atoms with Gasteiger partial charge in [0.15, 0.2) is 5.78 Å². The van der Waals surface area contributed by atoms with Gasteiger partial charge in [-0.2, -0.15) is 0 Å². The van der Waals surface area contributed by atoms with E-state index in [0.717, 1.165) is 12.0 Å². The maximum absolute atomic E-state index is 14.6. The molecule has 0 aromatic heterocycles. The highest BCUT2D eigenvalue weighted by molar-refractivity contribution is 6.39. The van der Waals surface area contributed by atoms with Crippen LogP contribution < -0.4 is 5.32 Å². The van der Waals surface area contributed by atoms with Gasteiger partial charge in [-0.1, -0.05) is 71.1 Å². The molecule has 0 radical (unpaired) electrons. The lowest BCUT2D eigenvalue weighted by Gasteiger charge is -2.43. The number of methoxy groups -OCH3 is 2. The zero-order valence-corrected chi connectivity index (χ0v) is 46.0. The van der Waals surface area contributed by atoms with Crippen molar-refractivity contribution in [2.45, 2.75) is 193 Å². The number of rotatable bonds is 13. The van der Waals surface area contributed by atoms with Gasteiger partial charge in [-0.3, -0.25) is 24.0 Å². The third-order valence-electron chi connectivity index (χ3n) is 15.7. The summed E-state index contributed by atoms with van der Waals surface area (Å²) in [4.78, 5) is 84.7. The molecule has 3 aliphatic heterocycles. The Kier molecular flexibility index (Phi) is 26.0. The number of amides is 2. The van der Waals surface area contributed by atoms with Crippen molar-refractivity contribution in [2.75, 3.05) is 47.6 Å². The van der Waals surface area contributed by atoms with Crippen LogP contribution in [-0.2, 0) is 57.2 Å². The first-order valence-corrected chi connectivity index (χ1v) is 27.2. The zero-order valence-electron chi connectivity index (χ0n) is 46.0. The molecule has 2 bridgehead atoms. The summed E-state index contributed by atoms with van der Waals surface area (Å²) < 4.78 is 36.2. The average molecular weight is 1040 g/mol. The third kappa shape index (κ3) is 17.8. The van der Waals surface area contributed by atoms with Crippen LogP contribution in [0.15, 0.2) is 47.6 Å². The van der Waals surface area contributed by atoms with Gasteiger partial charge in [0.05, 0.1) is 37.6 Å². The molecule has 17 nitrogen and oxygen atoms in total. The van der Waals surface area contributed by atoms with Crippen molar-refractivity contribution in [1.82, 2.24) is 10.2 Å². The molecular weight excluding hydrogens is 953 g/mol. The van der Waals surface area contributed by atoms with Gasteiger partial charge in [0, 0.05) is 71.4 Å². The lowest BCUT2D eigenvalue weighted by molar-refractivity contribution is -0.266. The molecular formula is C57H90N2O15. The van der Waals surface area contributed by atoms with Crippen molar-refractivity contribution in [1.29, 1.82) is 0 Å². The Bertz CT molecular complexity index is 1980. The molecule has 17 heteroatoms. The number of piperidine rings is 1. The minimum absolute atomic E-state index is 0.0215. The number of nitrogens with one attached hydrogen (secondary N) is 1. The van der Waals surface area contributed by atoms with Crippen molar-refractivity contribution in [3.05, 3.63) is 47.6 Å². The molecule has 0 unspecified atom stereocenters. The van der Waals surface area contributed by atoms with Crippen molar-refractivity contribution in [3.8, 4) is 0 Å². The fourth-order valence-corrected chi connectivity index (χ4v) is 11.0. The van der Waals surface area contributed by atoms with E-state index in [-0.39, 0.29) is 99.5 Å². The van der Waals surface area contributed by atoms with Crippen LogP contribution in [0.2, 0.25) is 0 Å². The third-order valence-corrected chi connectivity index (χ3v) is 15.7. The molecule has 1 aliphatic carbocycles. The van der Waals surface area contributed by atoms with E-state index >= 15 is 0 Å². The minimum atomic E-state index is -2.50. The standard InChI is InChI=1S/C57H90N2O15/c1-35-17-12-11-13-18-36(2)47(71-27-16-20-50(62)58-8)33-43-23-21-41(7)57(68,74-43)54(65)55(66)59-25-15-14-19-44(59)56(67)73-48(38(4)31-42-22-24-46(72-28-26-60)49(32-42)69-9)34-45(61)37(3)30-40(6)52(64)53(70-10)51(63)39(5)29-35/h11-13,17-18,30,35,37-39,41-44,46-49,52-53,60,64,68H,14-16,19-29,31-34H2,1-10H3,(H,58,62)/b13-11+,17-12+,36-18+,40-30+/t35-,37-,38-,39-,41-,42+,43+,44+,46-,47+,48+,49-,52-,53+,57-/m1/s1. The Labute approximate surface area is 440 Å². The number of cyclic esters (lactones) is 1. The summed E-state index contributed by atoms with van der Waals surface area (Å²) in [6.45, 7) is 13.0. The van der Waals surface area contributed by atoms with E-state index in [1.54, 1.807) is 47.9 Å². The second-order valence-electron chi connectivity index (χ2n) is 21.6. The van der Waals surface area contributed by atoms with Crippen LogP contribution in [0.4, 0.5) is 0 Å². The Morgan fingerprint density at radius 3 is 2.32 bits per heavy atom. The number of aliphatic hydroxyl groups is 3. The summed E-state index contributed by atoms with van der Waals surface area (Å²) in [5.41, 5.74) is 1.19. The van der Waals surface area contributed by atoms with Gasteiger partial charge in [-0.25, -0.2) is 4.79 Å². The largest absolute Gasteiger partial charge is 0.460 e. The lowest BCUT2D eigenvalue weighted by atomic mass is 9.78. The molecule has 1 saturated carbocycles. The Hall–Kier alpha value is -3.94. The minimum Gasteiger partial charge on any atom is -0.460 e. The molecule has 15 atom stereocenters. The number of carbonyl (C=O) groups is 6. The number of carbonyl (C=O) groups excluding carboxylic acids is 6. The van der Waals surface area contributed by atoms with E-state index < -0.39 is 77.8 Å². The maximum atomic E-state index is 14.6. The maximum Gasteiger partial charge on any atom is 0.329 e. The number of esters is 1. The predicted molar refractivity (Wildman–Crippen MR) is 278 cm³/mol. The summed E-state index contributed by atoms with van der Waals surface area (Å²) in [7, 11) is 4.57. The molecule has 2 amide bonds. The number of nitrogens with zero attached hydrogens (tertiary/aromatic N) is 1. The van der Waals surface area contributed by atoms with E-state index in [0.29, 0.717) is 63.4 Å². The van der Waals surface area contributed by atoms with Crippen LogP contribution in [0.3, 0.4) is 0 Å². The van der Waals surface area contributed by atoms with Crippen LogP contribution in [-0.4, -0.2) is 158 Å². The number of hydrogen-bond acceptors (Lipinski definition) is 15. The fraction of sp³-hybridized carbons (Fsp3) is 0.754. The smallest absolute Gasteiger partial charge is 0.329 e. The highest BCUT2D eigenvalue weighted by Gasteiger charge is 2.53. The number of allylic oxidation sites excluding steroid dienone is 6. The van der Waals surface area contributed by atoms with Crippen LogP contribution in [0, 0.1) is 35.5 Å². The van der Waals surface area contributed by atoms with Crippen LogP contribution in [0.25, 0.3) is 0 Å². The molecule has 0 spiro atoms. The highest BCUT2D eigenvalue weighted by Crippen LogP contribution is 2.38. The zero-order chi connectivity index (χ0) is 54.7. The summed E-state index contributed by atoms with van der Waals surface area (Å²) in [5, 5.41) is 35.7. The number of Topliss-reactive ketones (excluding diaryl/α,β-unsaturated/α-hetero) is 3. The summed E-state index contributed by atoms with van der Waals surface area (Å²) >= 11 is 0. The quantitative estimate of drug-likeness (QED) is 0.0707. The van der Waals surface area contributed by atoms with Crippen molar-refractivity contribution >= 4 is 35.1 Å². The summed E-state index contributed by atoms with van der Waals surface area (Å²) in [6, 6.07) is -1.18. The van der Waals surface area contributed by atoms with Crippen LogP contribution in [0.5, 0.6) is 0 Å². The number of aliphatic hydroxyl groups excluding tert-OH is 2. The van der Waals surface area contributed by atoms with Gasteiger partial charge < -0.3 is 54.0 Å². The summed E-state index contributed by atoms with van der Waals surface area (Å²) in [5.74, 6) is -8.43. The number of hydrogen-bond donors (Lipinski definition) is 4. The monoisotopic (exact) mass is 1040 g/mol. The molecule has 74 heavy (non-hydrogen) atoms. The summed E-state index contributed by atoms with van der Waals surface area (Å²) in [6.07, 6.45) is 12.0. The van der Waals surface area contributed by atoms with E-state index in [4.69, 9.17) is 28.4 Å². The van der Waals surface area contributed by atoms with Crippen molar-refractivity contribution in [3.63, 3.8) is 0 Å². The molecule has 4 aliphatic rings. The Balaban J connectivity index is 1.71. The van der Waals surface area contributed by atoms with Crippen molar-refractivity contribution < 1.29 is 72.5 Å². The number of ether oxygens (including phenoxy) is 6. The van der Waals surface area contributed by atoms with E-state index in [2.05, 4.69) is 5.32 Å². The van der Waals surface area contributed by atoms with Gasteiger partial charge in [0.25, 0.3) is 11.7 Å². The van der Waals surface area contributed by atoms with Gasteiger partial charge in [-0.05, 0) is 113 Å². The lowest BCUT2D eigenvalue weighted by Crippen LogP contribution is -2.61. The number of ketones is 3. The van der Waals surface area contributed by atoms with Gasteiger partial charge in [-0.15, -0.1) is 0 Å². The van der Waals surface area contributed by atoms with Gasteiger partial charge in [0.1, 0.15) is 30.1 Å². The Morgan fingerprint density at radius 2 is 1.64 bits per heavy atom. The number of fused-ring (bicyclic) bond motifs is 3. The van der Waals surface area contributed by atoms with Gasteiger partial charge in [0.2, 0.25) is 11.7 Å². The van der Waals surface area contributed by atoms with E-state index in [1.165, 1.54) is 12.0 Å². The molecule has 3 fully saturated rings.